The summed E-state index contributed by atoms with van der Waals surface area (Å²) >= 11 is 3.27. The van der Waals surface area contributed by atoms with Gasteiger partial charge < -0.3 is 0 Å². The Bertz CT molecular complexity index is 468. The Balaban J connectivity index is 2.50. The molecular weight excluding hydrogens is 258 g/mol. The third kappa shape index (κ3) is 1.51. The minimum atomic E-state index is -0.254. The van der Waals surface area contributed by atoms with Crippen LogP contribution < -0.4 is 0 Å². The van der Waals surface area contributed by atoms with Crippen molar-refractivity contribution >= 4 is 27.7 Å². The van der Waals surface area contributed by atoms with Crippen molar-refractivity contribution in [1.29, 1.82) is 0 Å². The maximum atomic E-state index is 11.8. The molecule has 0 unspecified atom stereocenters. The number of imide groups is 1. The van der Waals surface area contributed by atoms with Crippen LogP contribution in [0.5, 0.6) is 0 Å². The van der Waals surface area contributed by atoms with Gasteiger partial charge >= 0.3 is 0 Å². The zero-order valence-electron chi connectivity index (χ0n) is 7.87. The number of fused-ring (bicyclic) bond motifs is 1. The second kappa shape index (κ2) is 3.62. The van der Waals surface area contributed by atoms with E-state index in [1.807, 2.05) is 0 Å². The summed E-state index contributed by atoms with van der Waals surface area (Å²) in [5.74, 6) is -0.501. The van der Waals surface area contributed by atoms with Gasteiger partial charge in [0.05, 0.1) is 11.1 Å². The van der Waals surface area contributed by atoms with Gasteiger partial charge in [-0.15, -0.1) is 6.58 Å². The van der Waals surface area contributed by atoms with E-state index in [0.717, 1.165) is 4.47 Å². The first-order chi connectivity index (χ1) is 7.15. The maximum Gasteiger partial charge on any atom is 0.261 e. The highest BCUT2D eigenvalue weighted by Crippen LogP contribution is 2.25. The van der Waals surface area contributed by atoms with Gasteiger partial charge in [-0.05, 0) is 18.2 Å². The molecule has 0 radical (unpaired) electrons. The van der Waals surface area contributed by atoms with Crippen molar-refractivity contribution in [3.05, 3.63) is 46.5 Å². The van der Waals surface area contributed by atoms with E-state index in [2.05, 4.69) is 22.5 Å². The minimum absolute atomic E-state index is 0.248. The Morgan fingerprint density at radius 1 is 1.27 bits per heavy atom. The van der Waals surface area contributed by atoms with Crippen molar-refractivity contribution in [2.45, 2.75) is 0 Å². The number of rotatable bonds is 2. The molecule has 1 aliphatic rings. The molecule has 0 N–H and O–H groups in total. The molecule has 0 fully saturated rings. The number of carbonyl (C=O) groups is 2. The van der Waals surface area contributed by atoms with E-state index in [1.165, 1.54) is 11.0 Å². The molecule has 1 aromatic carbocycles. The summed E-state index contributed by atoms with van der Waals surface area (Å²) < 4.78 is 0.794. The lowest BCUT2D eigenvalue weighted by molar-refractivity contribution is 0.0672. The van der Waals surface area contributed by atoms with Crippen LogP contribution in [0, 0.1) is 0 Å². The number of carbonyl (C=O) groups excluding carboxylic acids is 2. The molecule has 15 heavy (non-hydrogen) atoms. The number of amides is 2. The van der Waals surface area contributed by atoms with Crippen LogP contribution in [-0.4, -0.2) is 23.3 Å². The standard InChI is InChI=1S/C11H8BrNO2/c1-2-5-13-10(14)8-4-3-7(12)6-9(8)11(13)15/h2-4,6H,1,5H2. The normalized spacial score (nSPS) is 14.3. The van der Waals surface area contributed by atoms with E-state index in [9.17, 15) is 9.59 Å². The van der Waals surface area contributed by atoms with Crippen LogP contribution in [0.3, 0.4) is 0 Å². The summed E-state index contributed by atoms with van der Waals surface area (Å²) in [6.07, 6.45) is 1.54. The van der Waals surface area contributed by atoms with Crippen LogP contribution in [0.15, 0.2) is 35.3 Å². The van der Waals surface area contributed by atoms with Crippen molar-refractivity contribution < 1.29 is 9.59 Å². The molecule has 1 aromatic rings. The second-order valence-corrected chi connectivity index (χ2v) is 4.12. The quantitative estimate of drug-likeness (QED) is 0.608. The second-order valence-electron chi connectivity index (χ2n) is 3.20. The molecule has 0 saturated carbocycles. The summed E-state index contributed by atoms with van der Waals surface area (Å²) in [4.78, 5) is 24.7. The maximum absolute atomic E-state index is 11.8. The zero-order valence-corrected chi connectivity index (χ0v) is 9.45. The molecule has 0 saturated heterocycles. The predicted molar refractivity (Wildman–Crippen MR) is 59.7 cm³/mol. The highest BCUT2D eigenvalue weighted by atomic mass is 79.9. The van der Waals surface area contributed by atoms with E-state index in [-0.39, 0.29) is 18.4 Å². The molecule has 1 aliphatic heterocycles. The van der Waals surface area contributed by atoms with Crippen molar-refractivity contribution in [2.75, 3.05) is 6.54 Å². The van der Waals surface area contributed by atoms with Crippen LogP contribution in [0.2, 0.25) is 0 Å². The summed E-state index contributed by atoms with van der Waals surface area (Å²) in [7, 11) is 0. The number of benzene rings is 1. The van der Waals surface area contributed by atoms with Crippen LogP contribution in [-0.2, 0) is 0 Å². The molecule has 0 aliphatic carbocycles. The Labute approximate surface area is 95.5 Å². The molecule has 0 atom stereocenters. The largest absolute Gasteiger partial charge is 0.270 e. The van der Waals surface area contributed by atoms with Crippen LogP contribution in [0.4, 0.5) is 0 Å². The molecule has 2 rings (SSSR count). The molecular formula is C11H8BrNO2. The van der Waals surface area contributed by atoms with E-state index in [1.54, 1.807) is 18.2 Å². The van der Waals surface area contributed by atoms with Crippen molar-refractivity contribution in [3.8, 4) is 0 Å². The van der Waals surface area contributed by atoms with Crippen molar-refractivity contribution in [3.63, 3.8) is 0 Å². The highest BCUT2D eigenvalue weighted by molar-refractivity contribution is 9.10. The summed E-state index contributed by atoms with van der Waals surface area (Å²) in [5.41, 5.74) is 0.918. The Morgan fingerprint density at radius 2 is 1.93 bits per heavy atom. The lowest BCUT2D eigenvalue weighted by Gasteiger charge is -2.09. The molecule has 1 heterocycles. The van der Waals surface area contributed by atoms with Gasteiger partial charge in [-0.25, -0.2) is 0 Å². The first kappa shape index (κ1) is 10.1. The Morgan fingerprint density at radius 3 is 2.60 bits per heavy atom. The van der Waals surface area contributed by atoms with Crippen LogP contribution in [0.1, 0.15) is 20.7 Å². The van der Waals surface area contributed by atoms with Crippen molar-refractivity contribution in [2.24, 2.45) is 0 Å². The van der Waals surface area contributed by atoms with Gasteiger partial charge in [-0.2, -0.15) is 0 Å². The molecule has 2 amide bonds. The van der Waals surface area contributed by atoms with Gasteiger partial charge in [-0.3, -0.25) is 14.5 Å². The summed E-state index contributed by atoms with van der Waals surface area (Å²) in [5, 5.41) is 0. The van der Waals surface area contributed by atoms with Gasteiger partial charge in [0.1, 0.15) is 0 Å². The number of nitrogens with zero attached hydrogens (tertiary/aromatic N) is 1. The van der Waals surface area contributed by atoms with E-state index < -0.39 is 0 Å². The first-order valence-corrected chi connectivity index (χ1v) is 5.21. The molecule has 0 bridgehead atoms. The molecule has 0 aromatic heterocycles. The van der Waals surface area contributed by atoms with Gasteiger partial charge in [0.2, 0.25) is 0 Å². The van der Waals surface area contributed by atoms with Crippen LogP contribution in [0.25, 0.3) is 0 Å². The van der Waals surface area contributed by atoms with Gasteiger partial charge in [0.15, 0.2) is 0 Å². The average Bonchev–Trinajstić information content (AvgIpc) is 2.44. The Kier molecular flexibility index (Phi) is 2.44. The molecule has 76 valence electrons. The number of hydrogen-bond donors (Lipinski definition) is 0. The average molecular weight is 266 g/mol. The van der Waals surface area contributed by atoms with Crippen LogP contribution >= 0.6 is 15.9 Å². The SMILES string of the molecule is C=CCN1C(=O)c2ccc(Br)cc2C1=O. The Hall–Kier alpha value is -1.42. The topological polar surface area (TPSA) is 37.4 Å². The van der Waals surface area contributed by atoms with E-state index in [4.69, 9.17) is 0 Å². The fourth-order valence-corrected chi connectivity index (χ4v) is 1.92. The zero-order chi connectivity index (χ0) is 11.0. The number of halogens is 1. The third-order valence-electron chi connectivity index (χ3n) is 2.24. The fraction of sp³-hybridized carbons (Fsp3) is 0.0909. The highest BCUT2D eigenvalue weighted by Gasteiger charge is 2.34. The summed E-state index contributed by atoms with van der Waals surface area (Å²) in [6, 6.07) is 5.07. The summed E-state index contributed by atoms with van der Waals surface area (Å²) in [6.45, 7) is 3.77. The fourth-order valence-electron chi connectivity index (χ4n) is 1.56. The monoisotopic (exact) mass is 265 g/mol. The molecule has 4 heteroatoms. The minimum Gasteiger partial charge on any atom is -0.270 e. The lowest BCUT2D eigenvalue weighted by Crippen LogP contribution is -2.29. The molecule has 0 spiro atoms. The third-order valence-corrected chi connectivity index (χ3v) is 2.74. The molecule has 3 nitrogen and oxygen atoms in total. The first-order valence-electron chi connectivity index (χ1n) is 4.42. The van der Waals surface area contributed by atoms with E-state index >= 15 is 0 Å². The van der Waals surface area contributed by atoms with Crippen molar-refractivity contribution in [1.82, 2.24) is 4.90 Å². The lowest BCUT2D eigenvalue weighted by atomic mass is 10.1. The van der Waals surface area contributed by atoms with Gasteiger partial charge in [0, 0.05) is 11.0 Å². The number of hydrogen-bond acceptors (Lipinski definition) is 2. The van der Waals surface area contributed by atoms with E-state index in [0.29, 0.717) is 11.1 Å². The van der Waals surface area contributed by atoms with Gasteiger partial charge in [0.25, 0.3) is 11.8 Å². The smallest absolute Gasteiger partial charge is 0.261 e. The van der Waals surface area contributed by atoms with Gasteiger partial charge in [-0.1, -0.05) is 22.0 Å². The predicted octanol–water partition coefficient (Wildman–Crippen LogP) is 2.23.